The summed E-state index contributed by atoms with van der Waals surface area (Å²) in [6, 6.07) is 3.48. The summed E-state index contributed by atoms with van der Waals surface area (Å²) in [6.07, 6.45) is 0.892. The fourth-order valence-electron chi connectivity index (χ4n) is 2.29. The number of amides is 1. The molecule has 1 atom stereocenters. The van der Waals surface area contributed by atoms with Crippen LogP contribution in [-0.4, -0.2) is 36.4 Å². The number of nitrogens with zero attached hydrogens (tertiary/aromatic N) is 1. The molecular formula is C16H23N3O3. The Balaban J connectivity index is 2.07. The Morgan fingerprint density at radius 3 is 2.95 bits per heavy atom. The average Bonchev–Trinajstić information content (AvgIpc) is 2.48. The lowest BCUT2D eigenvalue weighted by molar-refractivity contribution is -0.123. The lowest BCUT2D eigenvalue weighted by Crippen LogP contribution is -2.43. The van der Waals surface area contributed by atoms with Crippen LogP contribution in [0.25, 0.3) is 0 Å². The normalized spacial score (nSPS) is 16.9. The second-order valence-corrected chi connectivity index (χ2v) is 5.75. The van der Waals surface area contributed by atoms with Crippen molar-refractivity contribution < 1.29 is 14.3 Å². The van der Waals surface area contributed by atoms with Gasteiger partial charge >= 0.3 is 0 Å². The van der Waals surface area contributed by atoms with E-state index in [1.807, 2.05) is 6.92 Å². The van der Waals surface area contributed by atoms with Gasteiger partial charge in [-0.25, -0.2) is 4.98 Å². The Hall–Kier alpha value is -2.11. The first kappa shape index (κ1) is 16.3. The zero-order valence-corrected chi connectivity index (χ0v) is 13.3. The molecular weight excluding hydrogens is 282 g/mol. The Labute approximate surface area is 130 Å². The predicted molar refractivity (Wildman–Crippen MR) is 84.2 cm³/mol. The number of fused-ring (bicyclic) bond motifs is 1. The van der Waals surface area contributed by atoms with E-state index < -0.39 is 5.92 Å². The molecule has 6 nitrogen and oxygen atoms in total. The molecule has 2 heterocycles. The molecule has 0 aromatic carbocycles. The van der Waals surface area contributed by atoms with E-state index in [1.165, 1.54) is 0 Å². The van der Waals surface area contributed by atoms with Gasteiger partial charge in [0.2, 0.25) is 11.8 Å². The third kappa shape index (κ3) is 3.75. The quantitative estimate of drug-likeness (QED) is 0.784. The number of carbonyl (C=O) groups excluding carboxylic acids is 2. The van der Waals surface area contributed by atoms with E-state index in [1.54, 1.807) is 12.1 Å². The standard InChI is InChI=1S/C16H23N3O3/c1-4-22-13-6-5-12-14(19-13)15(20)11(9-18-12)16(21)17-8-7-10(2)3/h5-6,10-11,18H,4,7-9H2,1-3H3,(H,17,21). The van der Waals surface area contributed by atoms with E-state index in [4.69, 9.17) is 4.74 Å². The van der Waals surface area contributed by atoms with Crippen LogP contribution in [0.2, 0.25) is 0 Å². The van der Waals surface area contributed by atoms with Crippen LogP contribution in [0.3, 0.4) is 0 Å². The summed E-state index contributed by atoms with van der Waals surface area (Å²) in [7, 11) is 0. The third-order valence-corrected chi connectivity index (χ3v) is 3.55. The van der Waals surface area contributed by atoms with Gasteiger partial charge in [-0.3, -0.25) is 9.59 Å². The van der Waals surface area contributed by atoms with Crippen molar-refractivity contribution in [2.24, 2.45) is 11.8 Å². The van der Waals surface area contributed by atoms with Gasteiger partial charge in [-0.05, 0) is 25.3 Å². The maximum atomic E-state index is 12.5. The van der Waals surface area contributed by atoms with Gasteiger partial charge in [0, 0.05) is 19.2 Å². The Morgan fingerprint density at radius 2 is 2.27 bits per heavy atom. The molecule has 1 aliphatic heterocycles. The maximum absolute atomic E-state index is 12.5. The van der Waals surface area contributed by atoms with Crippen molar-refractivity contribution in [2.75, 3.05) is 25.0 Å². The zero-order valence-electron chi connectivity index (χ0n) is 13.3. The molecule has 1 aromatic rings. The number of anilines is 1. The van der Waals surface area contributed by atoms with Gasteiger partial charge in [-0.1, -0.05) is 13.8 Å². The van der Waals surface area contributed by atoms with Crippen molar-refractivity contribution in [2.45, 2.75) is 27.2 Å². The molecule has 6 heteroatoms. The van der Waals surface area contributed by atoms with Crippen LogP contribution >= 0.6 is 0 Å². The van der Waals surface area contributed by atoms with Crippen molar-refractivity contribution in [3.63, 3.8) is 0 Å². The number of pyridine rings is 1. The van der Waals surface area contributed by atoms with Gasteiger partial charge in [0.05, 0.1) is 12.3 Å². The van der Waals surface area contributed by atoms with E-state index in [0.717, 1.165) is 6.42 Å². The highest BCUT2D eigenvalue weighted by Gasteiger charge is 2.34. The molecule has 1 aromatic heterocycles. The maximum Gasteiger partial charge on any atom is 0.232 e. The van der Waals surface area contributed by atoms with E-state index in [-0.39, 0.29) is 17.4 Å². The smallest absolute Gasteiger partial charge is 0.232 e. The largest absolute Gasteiger partial charge is 0.478 e. The molecule has 0 fully saturated rings. The number of hydrogen-bond acceptors (Lipinski definition) is 5. The number of ether oxygens (including phenoxy) is 1. The molecule has 0 spiro atoms. The number of aromatic nitrogens is 1. The van der Waals surface area contributed by atoms with Crippen molar-refractivity contribution in [3.8, 4) is 5.88 Å². The van der Waals surface area contributed by atoms with Gasteiger partial charge < -0.3 is 15.4 Å². The van der Waals surface area contributed by atoms with Crippen molar-refractivity contribution in [1.82, 2.24) is 10.3 Å². The van der Waals surface area contributed by atoms with Crippen LogP contribution in [0.1, 0.15) is 37.7 Å². The van der Waals surface area contributed by atoms with Gasteiger partial charge in [-0.2, -0.15) is 0 Å². The van der Waals surface area contributed by atoms with Crippen LogP contribution in [-0.2, 0) is 4.79 Å². The highest BCUT2D eigenvalue weighted by Crippen LogP contribution is 2.25. The zero-order chi connectivity index (χ0) is 16.1. The first-order chi connectivity index (χ1) is 10.5. The van der Waals surface area contributed by atoms with Crippen molar-refractivity contribution in [3.05, 3.63) is 17.8 Å². The first-order valence-electron chi connectivity index (χ1n) is 7.72. The second-order valence-electron chi connectivity index (χ2n) is 5.75. The second kappa shape index (κ2) is 7.24. The van der Waals surface area contributed by atoms with Crippen molar-refractivity contribution >= 4 is 17.4 Å². The number of rotatable bonds is 6. The Bertz CT molecular complexity index is 558. The van der Waals surface area contributed by atoms with Crippen molar-refractivity contribution in [1.29, 1.82) is 0 Å². The van der Waals surface area contributed by atoms with Gasteiger partial charge in [-0.15, -0.1) is 0 Å². The fraction of sp³-hybridized carbons (Fsp3) is 0.562. The molecule has 1 aliphatic rings. The average molecular weight is 305 g/mol. The SMILES string of the molecule is CCOc1ccc2c(n1)C(=O)C(C(=O)NCCC(C)C)CN2. The van der Waals surface area contributed by atoms with E-state index in [0.29, 0.717) is 37.2 Å². The summed E-state index contributed by atoms with van der Waals surface area (Å²) in [5.41, 5.74) is 0.931. The van der Waals surface area contributed by atoms with Gasteiger partial charge in [0.25, 0.3) is 0 Å². The predicted octanol–water partition coefficient (Wildman–Crippen LogP) is 1.87. The molecule has 1 unspecified atom stereocenters. The number of hydrogen-bond donors (Lipinski definition) is 2. The fourth-order valence-corrected chi connectivity index (χ4v) is 2.29. The number of Topliss-reactive ketones (excluding diaryl/α,β-unsaturated/α-hetero) is 1. The minimum absolute atomic E-state index is 0.243. The summed E-state index contributed by atoms with van der Waals surface area (Å²) in [5, 5.41) is 5.92. The Kier molecular flexibility index (Phi) is 5.35. The van der Waals surface area contributed by atoms with Crippen LogP contribution in [0.15, 0.2) is 12.1 Å². The number of carbonyl (C=O) groups is 2. The summed E-state index contributed by atoms with van der Waals surface area (Å²) in [6.45, 7) is 7.40. The minimum Gasteiger partial charge on any atom is -0.478 e. The summed E-state index contributed by atoms with van der Waals surface area (Å²) in [5.74, 6) is -0.317. The van der Waals surface area contributed by atoms with E-state index in [9.17, 15) is 9.59 Å². The molecule has 120 valence electrons. The molecule has 2 N–H and O–H groups in total. The van der Waals surface area contributed by atoms with Crippen LogP contribution in [0.5, 0.6) is 5.88 Å². The molecule has 22 heavy (non-hydrogen) atoms. The first-order valence-corrected chi connectivity index (χ1v) is 7.72. The topological polar surface area (TPSA) is 80.3 Å². The van der Waals surface area contributed by atoms with E-state index >= 15 is 0 Å². The lowest BCUT2D eigenvalue weighted by Gasteiger charge is -2.24. The Morgan fingerprint density at radius 1 is 1.50 bits per heavy atom. The lowest BCUT2D eigenvalue weighted by atomic mass is 9.95. The molecule has 0 aliphatic carbocycles. The number of ketones is 1. The molecule has 0 bridgehead atoms. The monoisotopic (exact) mass is 305 g/mol. The minimum atomic E-state index is -0.732. The molecule has 2 rings (SSSR count). The molecule has 0 saturated heterocycles. The van der Waals surface area contributed by atoms with Crippen LogP contribution in [0.4, 0.5) is 5.69 Å². The highest BCUT2D eigenvalue weighted by molar-refractivity contribution is 6.13. The molecule has 1 amide bonds. The summed E-state index contributed by atoms with van der Waals surface area (Å²) >= 11 is 0. The molecule has 0 saturated carbocycles. The highest BCUT2D eigenvalue weighted by atomic mass is 16.5. The van der Waals surface area contributed by atoms with Crippen LogP contribution < -0.4 is 15.4 Å². The van der Waals surface area contributed by atoms with Gasteiger partial charge in [0.1, 0.15) is 11.6 Å². The summed E-state index contributed by atoms with van der Waals surface area (Å²) in [4.78, 5) is 28.9. The molecule has 0 radical (unpaired) electrons. The third-order valence-electron chi connectivity index (χ3n) is 3.55. The number of nitrogens with one attached hydrogen (secondary N) is 2. The summed E-state index contributed by atoms with van der Waals surface area (Å²) < 4.78 is 5.32. The van der Waals surface area contributed by atoms with Crippen LogP contribution in [0, 0.1) is 11.8 Å². The van der Waals surface area contributed by atoms with E-state index in [2.05, 4.69) is 29.5 Å². The van der Waals surface area contributed by atoms with Gasteiger partial charge in [0.15, 0.2) is 5.78 Å².